The van der Waals surface area contributed by atoms with Crippen molar-refractivity contribution < 1.29 is 9.53 Å². The van der Waals surface area contributed by atoms with Gasteiger partial charge in [0.2, 0.25) is 5.91 Å². The number of hydrogen-bond donors (Lipinski definition) is 1. The van der Waals surface area contributed by atoms with Gasteiger partial charge in [-0.3, -0.25) is 9.48 Å². The molecule has 1 aliphatic heterocycles. The smallest absolute Gasteiger partial charge is 0.246 e. The Morgan fingerprint density at radius 2 is 2.03 bits per heavy atom. The molecule has 30 heavy (non-hydrogen) atoms. The number of aryl methyl sites for hydroxylation is 1. The molecule has 1 fully saturated rings. The van der Waals surface area contributed by atoms with E-state index in [1.807, 2.05) is 55.4 Å². The number of carbonyl (C=O) groups excluding carboxylic acids is 1. The van der Waals surface area contributed by atoms with E-state index in [9.17, 15) is 4.79 Å². The number of hydrogen-bond acceptors (Lipinski definition) is 4. The number of nitrogens with zero attached hydrogens (tertiary/aromatic N) is 5. The van der Waals surface area contributed by atoms with Crippen molar-refractivity contribution >= 4 is 41.5 Å². The van der Waals surface area contributed by atoms with Gasteiger partial charge in [0.15, 0.2) is 5.96 Å². The van der Waals surface area contributed by atoms with Gasteiger partial charge in [-0.2, -0.15) is 5.10 Å². The van der Waals surface area contributed by atoms with Gasteiger partial charge in [0.1, 0.15) is 18.4 Å². The molecule has 1 amide bonds. The maximum atomic E-state index is 12.7. The molecular formula is C21H31IN6O2. The standard InChI is InChI=1S/C21H30N6O2.HI/c1-4-18(29-19-9-7-6-8-10-19)14-23-21(22-5-2)26-11-12-27(20(28)16-26)17-13-24-25(3)15-17;/h6-10,13,15,18H,4-5,11-12,14,16H2,1-3H3,(H,22,23);1H. The number of amides is 1. The Bertz CT molecular complexity index is 826. The van der Waals surface area contributed by atoms with Gasteiger partial charge in [0, 0.05) is 32.9 Å². The summed E-state index contributed by atoms with van der Waals surface area (Å²) in [6.07, 6.45) is 4.42. The largest absolute Gasteiger partial charge is 0.489 e. The molecule has 9 heteroatoms. The molecular weight excluding hydrogens is 495 g/mol. The highest BCUT2D eigenvalue weighted by molar-refractivity contribution is 14.0. The quantitative estimate of drug-likeness (QED) is 0.341. The van der Waals surface area contributed by atoms with Crippen molar-refractivity contribution in [3.63, 3.8) is 0 Å². The first-order valence-electron chi connectivity index (χ1n) is 10.1. The van der Waals surface area contributed by atoms with Crippen LogP contribution in [-0.2, 0) is 11.8 Å². The molecule has 164 valence electrons. The second-order valence-electron chi connectivity index (χ2n) is 6.99. The Morgan fingerprint density at radius 1 is 1.27 bits per heavy atom. The van der Waals surface area contributed by atoms with E-state index < -0.39 is 0 Å². The summed E-state index contributed by atoms with van der Waals surface area (Å²) in [6, 6.07) is 9.80. The highest BCUT2D eigenvalue weighted by Gasteiger charge is 2.27. The fourth-order valence-electron chi connectivity index (χ4n) is 3.23. The van der Waals surface area contributed by atoms with Crippen molar-refractivity contribution in [3.8, 4) is 5.75 Å². The summed E-state index contributed by atoms with van der Waals surface area (Å²) in [4.78, 5) is 21.2. The predicted molar refractivity (Wildman–Crippen MR) is 130 cm³/mol. The van der Waals surface area contributed by atoms with Crippen LogP contribution in [0, 0.1) is 0 Å². The molecule has 8 nitrogen and oxygen atoms in total. The SMILES string of the molecule is CCNC(=NCC(CC)Oc1ccccc1)N1CCN(c2cnn(C)c2)C(=O)C1.I. The number of para-hydroxylation sites is 1. The lowest BCUT2D eigenvalue weighted by Crippen LogP contribution is -2.55. The Balaban J connectivity index is 0.00000320. The van der Waals surface area contributed by atoms with Crippen molar-refractivity contribution in [3.05, 3.63) is 42.7 Å². The molecule has 1 N–H and O–H groups in total. The van der Waals surface area contributed by atoms with E-state index in [4.69, 9.17) is 9.73 Å². The third kappa shape index (κ3) is 6.35. The van der Waals surface area contributed by atoms with Gasteiger partial charge < -0.3 is 19.9 Å². The number of piperazine rings is 1. The van der Waals surface area contributed by atoms with Crippen LogP contribution in [-0.4, -0.2) is 65.4 Å². The van der Waals surface area contributed by atoms with E-state index in [-0.39, 0.29) is 42.5 Å². The summed E-state index contributed by atoms with van der Waals surface area (Å²) in [5, 5.41) is 7.47. The summed E-state index contributed by atoms with van der Waals surface area (Å²) in [5.74, 6) is 1.64. The lowest BCUT2D eigenvalue weighted by molar-refractivity contribution is -0.120. The minimum Gasteiger partial charge on any atom is -0.489 e. The maximum absolute atomic E-state index is 12.7. The number of carbonyl (C=O) groups is 1. The van der Waals surface area contributed by atoms with Crippen LogP contribution in [0.3, 0.4) is 0 Å². The fourth-order valence-corrected chi connectivity index (χ4v) is 3.23. The molecule has 2 heterocycles. The average Bonchev–Trinajstić information content (AvgIpc) is 3.16. The van der Waals surface area contributed by atoms with E-state index in [2.05, 4.69) is 17.3 Å². The molecule has 0 radical (unpaired) electrons. The minimum atomic E-state index is -0.0153. The molecule has 0 bridgehead atoms. The van der Waals surface area contributed by atoms with E-state index in [1.54, 1.807) is 15.8 Å². The Morgan fingerprint density at radius 3 is 2.63 bits per heavy atom. The number of guanidine groups is 1. The maximum Gasteiger partial charge on any atom is 0.246 e. The van der Waals surface area contributed by atoms with Gasteiger partial charge in [0.05, 0.1) is 18.4 Å². The minimum absolute atomic E-state index is 0. The van der Waals surface area contributed by atoms with Gasteiger partial charge in [-0.05, 0) is 25.5 Å². The van der Waals surface area contributed by atoms with Crippen LogP contribution in [0.2, 0.25) is 0 Å². The summed E-state index contributed by atoms with van der Waals surface area (Å²) in [7, 11) is 1.85. The molecule has 0 spiro atoms. The number of nitrogens with one attached hydrogen (secondary N) is 1. The molecule has 1 aliphatic rings. The molecule has 0 saturated carbocycles. The third-order valence-corrected chi connectivity index (χ3v) is 4.80. The van der Waals surface area contributed by atoms with E-state index in [0.717, 1.165) is 30.4 Å². The molecule has 1 saturated heterocycles. The van der Waals surface area contributed by atoms with E-state index in [1.165, 1.54) is 0 Å². The van der Waals surface area contributed by atoms with Crippen molar-refractivity contribution in [1.29, 1.82) is 0 Å². The van der Waals surface area contributed by atoms with E-state index >= 15 is 0 Å². The number of aromatic nitrogens is 2. The highest BCUT2D eigenvalue weighted by atomic mass is 127. The van der Waals surface area contributed by atoms with Crippen molar-refractivity contribution in [2.45, 2.75) is 26.4 Å². The molecule has 2 aromatic rings. The zero-order valence-corrected chi connectivity index (χ0v) is 20.2. The molecule has 1 aromatic carbocycles. The number of anilines is 1. The molecule has 1 atom stereocenters. The summed E-state index contributed by atoms with van der Waals surface area (Å²) in [5.41, 5.74) is 0.835. The normalized spacial score (nSPS) is 15.6. The Hall–Kier alpha value is -2.30. The van der Waals surface area contributed by atoms with Crippen LogP contribution in [0.5, 0.6) is 5.75 Å². The molecule has 1 aromatic heterocycles. The van der Waals surface area contributed by atoms with Crippen molar-refractivity contribution in [1.82, 2.24) is 20.0 Å². The van der Waals surface area contributed by atoms with Gasteiger partial charge in [-0.15, -0.1) is 24.0 Å². The van der Waals surface area contributed by atoms with Crippen LogP contribution in [0.1, 0.15) is 20.3 Å². The van der Waals surface area contributed by atoms with Gasteiger partial charge in [-0.25, -0.2) is 4.99 Å². The lowest BCUT2D eigenvalue weighted by Gasteiger charge is -2.35. The van der Waals surface area contributed by atoms with Crippen molar-refractivity contribution in [2.24, 2.45) is 12.0 Å². The average molecular weight is 526 g/mol. The number of rotatable bonds is 7. The fraction of sp³-hybridized carbons (Fsp3) is 0.476. The van der Waals surface area contributed by atoms with Crippen LogP contribution in [0.15, 0.2) is 47.7 Å². The first kappa shape index (κ1) is 24.0. The number of benzene rings is 1. The lowest BCUT2D eigenvalue weighted by atomic mass is 10.2. The van der Waals surface area contributed by atoms with Crippen LogP contribution in [0.25, 0.3) is 0 Å². The van der Waals surface area contributed by atoms with Crippen LogP contribution < -0.4 is 15.0 Å². The zero-order valence-electron chi connectivity index (χ0n) is 17.8. The number of aliphatic imine (C=N–C) groups is 1. The highest BCUT2D eigenvalue weighted by Crippen LogP contribution is 2.16. The summed E-state index contributed by atoms with van der Waals surface area (Å²) in [6.45, 7) is 7.00. The van der Waals surface area contributed by atoms with Gasteiger partial charge >= 0.3 is 0 Å². The summed E-state index contributed by atoms with van der Waals surface area (Å²) >= 11 is 0. The second-order valence-corrected chi connectivity index (χ2v) is 6.99. The number of halogens is 1. The van der Waals surface area contributed by atoms with Crippen LogP contribution in [0.4, 0.5) is 5.69 Å². The predicted octanol–water partition coefficient (Wildman–Crippen LogP) is 2.51. The summed E-state index contributed by atoms with van der Waals surface area (Å²) < 4.78 is 7.75. The number of ether oxygens (including phenoxy) is 1. The first-order valence-corrected chi connectivity index (χ1v) is 10.1. The first-order chi connectivity index (χ1) is 14.1. The molecule has 1 unspecified atom stereocenters. The Kier molecular flexibility index (Phi) is 9.41. The van der Waals surface area contributed by atoms with E-state index in [0.29, 0.717) is 19.6 Å². The third-order valence-electron chi connectivity index (χ3n) is 4.80. The molecule has 0 aliphatic carbocycles. The zero-order chi connectivity index (χ0) is 20.6. The monoisotopic (exact) mass is 526 g/mol. The van der Waals surface area contributed by atoms with Gasteiger partial charge in [0.25, 0.3) is 0 Å². The topological polar surface area (TPSA) is 75.0 Å². The van der Waals surface area contributed by atoms with Crippen molar-refractivity contribution in [2.75, 3.05) is 37.6 Å². The van der Waals surface area contributed by atoms with Crippen LogP contribution >= 0.6 is 24.0 Å². The Labute approximate surface area is 195 Å². The molecule has 3 rings (SSSR count). The second kappa shape index (κ2) is 11.8. The van der Waals surface area contributed by atoms with Gasteiger partial charge in [-0.1, -0.05) is 25.1 Å².